The van der Waals surface area contributed by atoms with Gasteiger partial charge in [-0.25, -0.2) is 9.78 Å². The number of imidazole rings is 1. The van der Waals surface area contributed by atoms with Crippen molar-refractivity contribution in [2.24, 2.45) is 0 Å². The van der Waals surface area contributed by atoms with E-state index in [1.165, 1.54) is 146 Å². The van der Waals surface area contributed by atoms with Crippen molar-refractivity contribution in [1.29, 1.82) is 0 Å². The summed E-state index contributed by atoms with van der Waals surface area (Å²) in [6.45, 7) is 6.87. The van der Waals surface area contributed by atoms with Crippen LogP contribution in [-0.4, -0.2) is 45.3 Å². The second-order valence-electron chi connectivity index (χ2n) is 15.2. The fourth-order valence-corrected chi connectivity index (χ4v) is 6.97. The number of unbranched alkanes of at least 4 members (excludes halogenated alkanes) is 27. The Morgan fingerprint density at radius 2 is 0.902 bits per heavy atom. The molecule has 296 valence electrons. The van der Waals surface area contributed by atoms with Crippen molar-refractivity contribution in [2.45, 2.75) is 239 Å². The van der Waals surface area contributed by atoms with Gasteiger partial charge in [0.2, 0.25) is 11.8 Å². The van der Waals surface area contributed by atoms with E-state index in [0.717, 1.165) is 51.4 Å². The molecule has 1 aromatic heterocycles. The molecule has 0 aliphatic heterocycles. The van der Waals surface area contributed by atoms with E-state index >= 15 is 0 Å². The van der Waals surface area contributed by atoms with E-state index < -0.39 is 12.0 Å². The molecular formula is C44H81N3O4. The van der Waals surface area contributed by atoms with E-state index in [-0.39, 0.29) is 31.1 Å². The quantitative estimate of drug-likeness (QED) is 0.0547. The van der Waals surface area contributed by atoms with Crippen molar-refractivity contribution in [3.05, 3.63) is 18.2 Å². The number of nitrogens with one attached hydrogen (secondary N) is 1. The second-order valence-corrected chi connectivity index (χ2v) is 15.2. The van der Waals surface area contributed by atoms with Crippen LogP contribution in [-0.2, 0) is 25.5 Å². The van der Waals surface area contributed by atoms with Crippen LogP contribution in [0.2, 0.25) is 0 Å². The smallest absolute Gasteiger partial charge is 0.329 e. The van der Waals surface area contributed by atoms with Gasteiger partial charge >= 0.3 is 5.97 Å². The largest absolute Gasteiger partial charge is 0.464 e. The zero-order valence-electron chi connectivity index (χ0n) is 33.8. The first-order chi connectivity index (χ1) is 25.0. The van der Waals surface area contributed by atoms with Crippen molar-refractivity contribution in [3.63, 3.8) is 0 Å². The number of amides is 2. The van der Waals surface area contributed by atoms with E-state index in [2.05, 4.69) is 23.8 Å². The molecule has 1 aromatic rings. The molecule has 0 aromatic carbocycles. The highest BCUT2D eigenvalue weighted by Crippen LogP contribution is 2.19. The molecule has 7 nitrogen and oxygen atoms in total. The number of ether oxygens (including phenoxy) is 1. The van der Waals surface area contributed by atoms with Gasteiger partial charge in [-0.05, 0) is 19.3 Å². The molecule has 0 saturated heterocycles. The van der Waals surface area contributed by atoms with Crippen LogP contribution in [0, 0.1) is 0 Å². The minimum absolute atomic E-state index is 0.194. The lowest BCUT2D eigenvalue weighted by Crippen LogP contribution is -2.50. The van der Waals surface area contributed by atoms with Gasteiger partial charge in [-0.3, -0.25) is 14.5 Å². The molecule has 1 atom stereocenters. The van der Waals surface area contributed by atoms with Gasteiger partial charge in [0.05, 0.1) is 12.9 Å². The summed E-state index contributed by atoms with van der Waals surface area (Å²) in [6, 6.07) is -0.972. The molecule has 2 amide bonds. The van der Waals surface area contributed by atoms with Crippen LogP contribution in [0.4, 0.5) is 0 Å². The van der Waals surface area contributed by atoms with Gasteiger partial charge in [0.25, 0.3) is 0 Å². The summed E-state index contributed by atoms with van der Waals surface area (Å²) in [6.07, 6.45) is 40.5. The van der Waals surface area contributed by atoms with E-state index in [1.54, 1.807) is 12.5 Å². The number of carbonyl (C=O) groups is 3. The summed E-state index contributed by atoms with van der Waals surface area (Å²) in [4.78, 5) is 49.3. The first kappa shape index (κ1) is 46.8. The van der Waals surface area contributed by atoms with E-state index in [1.807, 2.05) is 6.92 Å². The second kappa shape index (κ2) is 34.9. The molecule has 0 unspecified atom stereocenters. The van der Waals surface area contributed by atoms with Gasteiger partial charge in [-0.1, -0.05) is 194 Å². The Kier molecular flexibility index (Phi) is 32.0. The number of hydrogen-bond donors (Lipinski definition) is 1. The molecule has 0 bridgehead atoms. The van der Waals surface area contributed by atoms with Gasteiger partial charge in [0, 0.05) is 31.2 Å². The number of nitrogens with zero attached hydrogens (tertiary/aromatic N) is 2. The Labute approximate surface area is 314 Å². The molecule has 1 rings (SSSR count). The van der Waals surface area contributed by atoms with Crippen molar-refractivity contribution in [2.75, 3.05) is 6.61 Å². The highest BCUT2D eigenvalue weighted by Gasteiger charge is 2.35. The third kappa shape index (κ3) is 26.3. The Balaban J connectivity index is 2.52. The number of esters is 1. The number of imide groups is 1. The highest BCUT2D eigenvalue weighted by atomic mass is 16.5. The van der Waals surface area contributed by atoms with Gasteiger partial charge in [0.1, 0.15) is 6.04 Å². The van der Waals surface area contributed by atoms with Crippen molar-refractivity contribution >= 4 is 17.8 Å². The number of rotatable bonds is 37. The lowest BCUT2D eigenvalue weighted by atomic mass is 10.0. The standard InChI is InChI=1S/C44H81N3O4/c1-4-7-10-12-14-16-18-20-21-23-25-27-29-31-33-35-43(49)47(41(37-40-38-45-39-46-40)44(50)51-36-9-6-3)42(48)34-32-30-28-26-24-22-19-17-15-13-11-8-5-2/h38-39,41H,4-37H2,1-3H3,(H,45,46)/t41-/m0/s1. The third-order valence-corrected chi connectivity index (χ3v) is 10.3. The average molecular weight is 716 g/mol. The number of aromatic nitrogens is 2. The maximum Gasteiger partial charge on any atom is 0.329 e. The van der Waals surface area contributed by atoms with Crippen LogP contribution in [0.5, 0.6) is 0 Å². The van der Waals surface area contributed by atoms with Crippen LogP contribution >= 0.6 is 0 Å². The summed E-state index contributed by atoms with van der Waals surface area (Å²) in [5.74, 6) is -0.996. The zero-order valence-corrected chi connectivity index (χ0v) is 33.8. The summed E-state index contributed by atoms with van der Waals surface area (Å²) in [5, 5.41) is 0. The highest BCUT2D eigenvalue weighted by molar-refractivity contribution is 5.99. The predicted octanol–water partition coefficient (Wildman–Crippen LogP) is 12.8. The minimum atomic E-state index is -0.972. The minimum Gasteiger partial charge on any atom is -0.464 e. The van der Waals surface area contributed by atoms with Crippen LogP contribution in [0.1, 0.15) is 232 Å². The van der Waals surface area contributed by atoms with E-state index in [9.17, 15) is 14.4 Å². The number of H-pyrrole nitrogens is 1. The Hall–Kier alpha value is -2.18. The summed E-state index contributed by atoms with van der Waals surface area (Å²) in [5.41, 5.74) is 0.714. The molecule has 1 N–H and O–H groups in total. The molecule has 1 heterocycles. The molecule has 51 heavy (non-hydrogen) atoms. The molecular weight excluding hydrogens is 635 g/mol. The topological polar surface area (TPSA) is 92.4 Å². The first-order valence-electron chi connectivity index (χ1n) is 22.0. The first-order valence-corrected chi connectivity index (χ1v) is 22.0. The SMILES string of the molecule is CCCCCCCCCCCCCCCCCC(=O)N(C(=O)CCCCCCCCCCCCCCC)[C@@H](Cc1cnc[nH]1)C(=O)OCCCC. The van der Waals surface area contributed by atoms with Gasteiger partial charge in [0.15, 0.2) is 0 Å². The Bertz CT molecular complexity index is 935. The maximum absolute atomic E-state index is 13.7. The van der Waals surface area contributed by atoms with Crippen molar-refractivity contribution < 1.29 is 19.1 Å². The summed E-state index contributed by atoms with van der Waals surface area (Å²) in [7, 11) is 0. The molecule has 0 fully saturated rings. The van der Waals surface area contributed by atoms with E-state index in [0.29, 0.717) is 12.3 Å². The van der Waals surface area contributed by atoms with Crippen LogP contribution in [0.25, 0.3) is 0 Å². The van der Waals surface area contributed by atoms with Crippen molar-refractivity contribution in [3.8, 4) is 0 Å². The van der Waals surface area contributed by atoms with Crippen LogP contribution in [0.15, 0.2) is 12.5 Å². The lowest BCUT2D eigenvalue weighted by molar-refractivity contribution is -0.161. The summed E-state index contributed by atoms with van der Waals surface area (Å²) < 4.78 is 5.61. The van der Waals surface area contributed by atoms with Gasteiger partial charge < -0.3 is 9.72 Å². The number of carbonyl (C=O) groups excluding carboxylic acids is 3. The zero-order chi connectivity index (χ0) is 37.0. The lowest BCUT2D eigenvalue weighted by Gasteiger charge is -2.29. The Morgan fingerprint density at radius 3 is 1.24 bits per heavy atom. The summed E-state index contributed by atoms with van der Waals surface area (Å²) >= 11 is 0. The average Bonchev–Trinajstić information content (AvgIpc) is 3.65. The van der Waals surface area contributed by atoms with E-state index in [4.69, 9.17) is 4.74 Å². The fourth-order valence-electron chi connectivity index (χ4n) is 6.97. The molecule has 7 heteroatoms. The number of aromatic amines is 1. The van der Waals surface area contributed by atoms with Crippen molar-refractivity contribution in [1.82, 2.24) is 14.9 Å². The van der Waals surface area contributed by atoms with Crippen LogP contribution in [0.3, 0.4) is 0 Å². The van der Waals surface area contributed by atoms with Gasteiger partial charge in [-0.15, -0.1) is 0 Å². The molecule has 0 aliphatic rings. The monoisotopic (exact) mass is 716 g/mol. The molecule has 0 radical (unpaired) electrons. The Morgan fingerprint density at radius 1 is 0.549 bits per heavy atom. The fraction of sp³-hybridized carbons (Fsp3) is 0.864. The third-order valence-electron chi connectivity index (χ3n) is 10.3. The maximum atomic E-state index is 13.7. The predicted molar refractivity (Wildman–Crippen MR) is 214 cm³/mol. The molecule has 0 saturated carbocycles. The number of hydrogen-bond acceptors (Lipinski definition) is 5. The molecule has 0 spiro atoms. The van der Waals surface area contributed by atoms with Crippen LogP contribution < -0.4 is 0 Å². The van der Waals surface area contributed by atoms with Gasteiger partial charge in [-0.2, -0.15) is 0 Å². The normalized spacial score (nSPS) is 11.9. The molecule has 0 aliphatic carbocycles.